The highest BCUT2D eigenvalue weighted by molar-refractivity contribution is 5.88. The quantitative estimate of drug-likeness (QED) is 0.777. The monoisotopic (exact) mass is 283 g/mol. The largest absolute Gasteiger partial charge is 0.497 e. The minimum absolute atomic E-state index is 0.728. The van der Waals surface area contributed by atoms with Crippen LogP contribution in [0.2, 0.25) is 0 Å². The van der Waals surface area contributed by atoms with Crippen LogP contribution < -0.4 is 14.2 Å². The Bertz CT molecular complexity index is 760. The van der Waals surface area contributed by atoms with E-state index in [0.29, 0.717) is 0 Å². The normalized spacial score (nSPS) is 10.6. The summed E-state index contributed by atoms with van der Waals surface area (Å²) >= 11 is 0. The molecule has 1 N–H and O–H groups in total. The summed E-state index contributed by atoms with van der Waals surface area (Å²) in [6.45, 7) is 2.02. The van der Waals surface area contributed by atoms with E-state index < -0.39 is 0 Å². The molecule has 0 aliphatic carbocycles. The van der Waals surface area contributed by atoms with Gasteiger partial charge in [0.2, 0.25) is 0 Å². The van der Waals surface area contributed by atoms with Crippen LogP contribution in [0.3, 0.4) is 0 Å². The third kappa shape index (κ3) is 2.65. The molecule has 0 spiro atoms. The maximum Gasteiger partial charge on any atom is 0.133 e. The van der Waals surface area contributed by atoms with Crippen molar-refractivity contribution in [3.05, 3.63) is 48.2 Å². The predicted octanol–water partition coefficient (Wildman–Crippen LogP) is 4.29. The van der Waals surface area contributed by atoms with Gasteiger partial charge in [-0.1, -0.05) is 0 Å². The van der Waals surface area contributed by atoms with E-state index in [2.05, 4.69) is 11.1 Å². The Morgan fingerprint density at radius 3 is 2.19 bits per heavy atom. The van der Waals surface area contributed by atoms with E-state index >= 15 is 0 Å². The van der Waals surface area contributed by atoms with Crippen LogP contribution >= 0.6 is 0 Å². The zero-order valence-corrected chi connectivity index (χ0v) is 12.3. The Balaban J connectivity index is 1.95. The molecule has 0 fully saturated rings. The summed E-state index contributed by atoms with van der Waals surface area (Å²) in [5, 5.41) is 1.05. The van der Waals surface area contributed by atoms with E-state index in [1.165, 1.54) is 0 Å². The van der Waals surface area contributed by atoms with Crippen molar-refractivity contribution in [3.63, 3.8) is 0 Å². The van der Waals surface area contributed by atoms with Crippen LogP contribution in [0.1, 0.15) is 5.69 Å². The first kappa shape index (κ1) is 13.4. The first-order valence-corrected chi connectivity index (χ1v) is 6.69. The molecule has 0 unspecified atom stereocenters. The summed E-state index contributed by atoms with van der Waals surface area (Å²) in [5.74, 6) is 3.07. The van der Waals surface area contributed by atoms with Gasteiger partial charge in [-0.25, -0.2) is 0 Å². The molecule has 1 heterocycles. The number of fused-ring (bicyclic) bond motifs is 1. The number of nitrogens with one attached hydrogen (secondary N) is 1. The van der Waals surface area contributed by atoms with Gasteiger partial charge in [-0.15, -0.1) is 0 Å². The maximum atomic E-state index is 5.88. The number of rotatable bonds is 4. The number of aromatic amines is 1. The van der Waals surface area contributed by atoms with Gasteiger partial charge >= 0.3 is 0 Å². The number of benzene rings is 2. The van der Waals surface area contributed by atoms with Crippen molar-refractivity contribution in [3.8, 4) is 23.0 Å². The number of aryl methyl sites for hydroxylation is 1. The van der Waals surface area contributed by atoms with Gasteiger partial charge in [0.1, 0.15) is 23.0 Å². The van der Waals surface area contributed by atoms with Crippen LogP contribution in [0.25, 0.3) is 10.9 Å². The molecule has 0 atom stereocenters. The van der Waals surface area contributed by atoms with Crippen molar-refractivity contribution in [2.45, 2.75) is 6.92 Å². The van der Waals surface area contributed by atoms with E-state index in [1.54, 1.807) is 14.2 Å². The fraction of sp³-hybridized carbons (Fsp3) is 0.176. The first-order chi connectivity index (χ1) is 10.2. The van der Waals surface area contributed by atoms with E-state index in [9.17, 15) is 0 Å². The van der Waals surface area contributed by atoms with E-state index in [-0.39, 0.29) is 0 Å². The second kappa shape index (κ2) is 5.40. The average molecular weight is 283 g/mol. The van der Waals surface area contributed by atoms with Crippen LogP contribution in [0.4, 0.5) is 0 Å². The van der Waals surface area contributed by atoms with Crippen LogP contribution in [-0.4, -0.2) is 19.2 Å². The molecule has 0 saturated carbocycles. The molecule has 2 aromatic carbocycles. The number of hydrogen-bond donors (Lipinski definition) is 1. The first-order valence-electron chi connectivity index (χ1n) is 6.69. The Morgan fingerprint density at radius 1 is 0.810 bits per heavy atom. The van der Waals surface area contributed by atoms with Crippen molar-refractivity contribution >= 4 is 10.9 Å². The number of hydrogen-bond acceptors (Lipinski definition) is 3. The molecule has 0 saturated heterocycles. The average Bonchev–Trinajstić information content (AvgIpc) is 2.87. The van der Waals surface area contributed by atoms with Gasteiger partial charge in [0, 0.05) is 23.2 Å². The standard InChI is InChI=1S/C17H17NO3/c1-11-8-15-16(18-11)9-14(10-17(15)20-3)21-13-6-4-12(19-2)5-7-13/h4-10,18H,1-3H3. The van der Waals surface area contributed by atoms with Gasteiger partial charge in [0.25, 0.3) is 0 Å². The lowest BCUT2D eigenvalue weighted by Crippen LogP contribution is -1.88. The summed E-state index contributed by atoms with van der Waals surface area (Å²) in [4.78, 5) is 3.30. The van der Waals surface area contributed by atoms with E-state index in [1.807, 2.05) is 43.3 Å². The second-order valence-electron chi connectivity index (χ2n) is 4.82. The summed E-state index contributed by atoms with van der Waals surface area (Å²) in [6, 6.07) is 13.4. The highest BCUT2D eigenvalue weighted by Gasteiger charge is 2.08. The van der Waals surface area contributed by atoms with Crippen molar-refractivity contribution in [2.24, 2.45) is 0 Å². The Labute approximate surface area is 123 Å². The minimum atomic E-state index is 0.728. The summed E-state index contributed by atoms with van der Waals surface area (Å²) < 4.78 is 16.5. The minimum Gasteiger partial charge on any atom is -0.497 e. The molecule has 21 heavy (non-hydrogen) atoms. The van der Waals surface area contributed by atoms with Crippen LogP contribution in [0.15, 0.2) is 42.5 Å². The van der Waals surface area contributed by atoms with Crippen LogP contribution in [0.5, 0.6) is 23.0 Å². The van der Waals surface area contributed by atoms with E-state index in [4.69, 9.17) is 14.2 Å². The van der Waals surface area contributed by atoms with Crippen LogP contribution in [-0.2, 0) is 0 Å². The lowest BCUT2D eigenvalue weighted by atomic mass is 10.2. The van der Waals surface area contributed by atoms with Gasteiger partial charge in [-0.3, -0.25) is 0 Å². The zero-order chi connectivity index (χ0) is 14.8. The highest BCUT2D eigenvalue weighted by Crippen LogP contribution is 2.34. The SMILES string of the molecule is COc1ccc(Oc2cc(OC)c3cc(C)[nH]c3c2)cc1. The van der Waals surface area contributed by atoms with Crippen molar-refractivity contribution in [1.82, 2.24) is 4.98 Å². The zero-order valence-electron chi connectivity index (χ0n) is 12.3. The van der Waals surface area contributed by atoms with Gasteiger partial charge in [-0.2, -0.15) is 0 Å². The van der Waals surface area contributed by atoms with Gasteiger partial charge < -0.3 is 19.2 Å². The van der Waals surface area contributed by atoms with Crippen molar-refractivity contribution in [1.29, 1.82) is 0 Å². The predicted molar refractivity (Wildman–Crippen MR) is 82.7 cm³/mol. The Kier molecular flexibility index (Phi) is 3.44. The fourth-order valence-corrected chi connectivity index (χ4v) is 2.33. The van der Waals surface area contributed by atoms with Crippen LogP contribution in [0, 0.1) is 6.92 Å². The molecule has 0 amide bonds. The number of aromatic nitrogens is 1. The molecule has 0 aliphatic rings. The van der Waals surface area contributed by atoms with Crippen molar-refractivity contribution < 1.29 is 14.2 Å². The van der Waals surface area contributed by atoms with Crippen molar-refractivity contribution in [2.75, 3.05) is 14.2 Å². The molecule has 108 valence electrons. The maximum absolute atomic E-state index is 5.88. The molecule has 3 rings (SSSR count). The Hall–Kier alpha value is -2.62. The molecule has 1 aromatic heterocycles. The molecule has 4 nitrogen and oxygen atoms in total. The molecule has 0 aliphatic heterocycles. The Morgan fingerprint density at radius 2 is 1.52 bits per heavy atom. The fourth-order valence-electron chi connectivity index (χ4n) is 2.33. The molecule has 0 radical (unpaired) electrons. The topological polar surface area (TPSA) is 43.5 Å². The smallest absolute Gasteiger partial charge is 0.133 e. The molecule has 4 heteroatoms. The van der Waals surface area contributed by atoms with Gasteiger partial charge in [0.15, 0.2) is 0 Å². The molecular weight excluding hydrogens is 266 g/mol. The van der Waals surface area contributed by atoms with Gasteiger partial charge in [0.05, 0.1) is 19.7 Å². The lowest BCUT2D eigenvalue weighted by molar-refractivity contribution is 0.410. The van der Waals surface area contributed by atoms with E-state index in [0.717, 1.165) is 39.6 Å². The molecular formula is C17H17NO3. The third-order valence-corrected chi connectivity index (χ3v) is 3.32. The van der Waals surface area contributed by atoms with Gasteiger partial charge in [-0.05, 0) is 37.3 Å². The number of ether oxygens (including phenoxy) is 3. The molecule has 0 bridgehead atoms. The third-order valence-electron chi connectivity index (χ3n) is 3.32. The second-order valence-corrected chi connectivity index (χ2v) is 4.82. The highest BCUT2D eigenvalue weighted by atomic mass is 16.5. The summed E-state index contributed by atoms with van der Waals surface area (Å²) in [5.41, 5.74) is 2.08. The number of methoxy groups -OCH3 is 2. The number of H-pyrrole nitrogens is 1. The summed E-state index contributed by atoms with van der Waals surface area (Å²) in [6.07, 6.45) is 0. The molecule has 3 aromatic rings. The summed E-state index contributed by atoms with van der Waals surface area (Å²) in [7, 11) is 3.30. The lowest BCUT2D eigenvalue weighted by Gasteiger charge is -2.09.